The fraction of sp³-hybridized carbons (Fsp3) is 0.176. The summed E-state index contributed by atoms with van der Waals surface area (Å²) in [4.78, 5) is 22.9. The molecule has 2 rings (SSSR count). The van der Waals surface area contributed by atoms with Gasteiger partial charge in [-0.2, -0.15) is 0 Å². The van der Waals surface area contributed by atoms with Crippen LogP contribution in [0.25, 0.3) is 11.1 Å². The average molecular weight is 283 g/mol. The lowest BCUT2D eigenvalue weighted by molar-refractivity contribution is -0.135. The molecule has 0 aromatic heterocycles. The van der Waals surface area contributed by atoms with Crippen LogP contribution in [0.2, 0.25) is 0 Å². The predicted molar refractivity (Wildman–Crippen MR) is 81.3 cm³/mol. The van der Waals surface area contributed by atoms with Crippen molar-refractivity contribution in [1.29, 1.82) is 0 Å². The number of carbonyl (C=O) groups is 2. The van der Waals surface area contributed by atoms with Crippen LogP contribution in [0.15, 0.2) is 42.5 Å². The number of carboxylic acids is 1. The SMILES string of the molecule is Cc1ccc(-c2cccc(C)c2C(=O)NCC(=O)O)cc1. The van der Waals surface area contributed by atoms with Gasteiger partial charge in [0.05, 0.1) is 5.56 Å². The van der Waals surface area contributed by atoms with Crippen molar-refractivity contribution in [2.75, 3.05) is 6.54 Å². The number of benzene rings is 2. The molecule has 0 fully saturated rings. The van der Waals surface area contributed by atoms with Gasteiger partial charge in [-0.05, 0) is 30.5 Å². The molecule has 0 aliphatic rings. The first-order valence-electron chi connectivity index (χ1n) is 6.65. The van der Waals surface area contributed by atoms with E-state index in [1.165, 1.54) is 0 Å². The van der Waals surface area contributed by atoms with Crippen LogP contribution in [0.4, 0.5) is 0 Å². The van der Waals surface area contributed by atoms with Gasteiger partial charge in [0.1, 0.15) is 6.54 Å². The number of amides is 1. The highest BCUT2D eigenvalue weighted by molar-refractivity contribution is 6.03. The summed E-state index contributed by atoms with van der Waals surface area (Å²) in [6.45, 7) is 3.45. The maximum absolute atomic E-state index is 12.3. The van der Waals surface area contributed by atoms with Gasteiger partial charge in [0.25, 0.3) is 5.91 Å². The summed E-state index contributed by atoms with van der Waals surface area (Å²) in [5.41, 5.74) is 4.21. The summed E-state index contributed by atoms with van der Waals surface area (Å²) in [5.74, 6) is -1.43. The number of rotatable bonds is 4. The Kier molecular flexibility index (Phi) is 4.38. The van der Waals surface area contributed by atoms with Crippen molar-refractivity contribution in [2.45, 2.75) is 13.8 Å². The lowest BCUT2D eigenvalue weighted by atomic mass is 9.95. The van der Waals surface area contributed by atoms with Gasteiger partial charge in [0.15, 0.2) is 0 Å². The Labute approximate surface area is 123 Å². The third-order valence-corrected chi connectivity index (χ3v) is 3.26. The van der Waals surface area contributed by atoms with Crippen LogP contribution in [0.3, 0.4) is 0 Å². The maximum Gasteiger partial charge on any atom is 0.322 e. The Hall–Kier alpha value is -2.62. The summed E-state index contributed by atoms with van der Waals surface area (Å²) in [7, 11) is 0. The minimum atomic E-state index is -1.06. The molecular weight excluding hydrogens is 266 g/mol. The number of carboxylic acid groups (broad SMARTS) is 1. The Morgan fingerprint density at radius 3 is 2.33 bits per heavy atom. The van der Waals surface area contributed by atoms with Crippen molar-refractivity contribution in [3.05, 3.63) is 59.2 Å². The van der Waals surface area contributed by atoms with Gasteiger partial charge in [-0.15, -0.1) is 0 Å². The molecule has 0 saturated carbocycles. The fourth-order valence-electron chi connectivity index (χ4n) is 2.19. The molecule has 0 heterocycles. The first-order valence-corrected chi connectivity index (χ1v) is 6.65. The van der Waals surface area contributed by atoms with Gasteiger partial charge >= 0.3 is 5.97 Å². The third-order valence-electron chi connectivity index (χ3n) is 3.26. The van der Waals surface area contributed by atoms with Crippen LogP contribution >= 0.6 is 0 Å². The number of nitrogens with one attached hydrogen (secondary N) is 1. The number of aliphatic carboxylic acids is 1. The van der Waals surface area contributed by atoms with Crippen molar-refractivity contribution in [2.24, 2.45) is 0 Å². The molecule has 0 radical (unpaired) electrons. The van der Waals surface area contributed by atoms with Gasteiger partial charge in [0, 0.05) is 0 Å². The molecule has 0 unspecified atom stereocenters. The molecule has 1 amide bonds. The smallest absolute Gasteiger partial charge is 0.322 e. The topological polar surface area (TPSA) is 66.4 Å². The van der Waals surface area contributed by atoms with E-state index in [1.54, 1.807) is 0 Å². The molecule has 2 aromatic rings. The number of carbonyl (C=O) groups excluding carboxylic acids is 1. The second-order valence-electron chi connectivity index (χ2n) is 4.94. The molecule has 0 atom stereocenters. The minimum Gasteiger partial charge on any atom is -0.480 e. The van der Waals surface area contributed by atoms with E-state index in [2.05, 4.69) is 5.32 Å². The van der Waals surface area contributed by atoms with E-state index in [0.29, 0.717) is 5.56 Å². The molecule has 0 bridgehead atoms. The lowest BCUT2D eigenvalue weighted by Crippen LogP contribution is -2.30. The van der Waals surface area contributed by atoms with Crippen molar-refractivity contribution < 1.29 is 14.7 Å². The summed E-state index contributed by atoms with van der Waals surface area (Å²) in [5, 5.41) is 11.1. The number of hydrogen-bond acceptors (Lipinski definition) is 2. The van der Waals surface area contributed by atoms with Crippen LogP contribution < -0.4 is 5.32 Å². The van der Waals surface area contributed by atoms with Crippen molar-refractivity contribution in [1.82, 2.24) is 5.32 Å². The van der Waals surface area contributed by atoms with Crippen molar-refractivity contribution >= 4 is 11.9 Å². The standard InChI is InChI=1S/C17H17NO3/c1-11-6-8-13(9-7-11)14-5-3-4-12(2)16(14)17(21)18-10-15(19)20/h3-9H,10H2,1-2H3,(H,18,21)(H,19,20). The zero-order valence-electron chi connectivity index (χ0n) is 12.0. The molecule has 0 aliphatic carbocycles. The van der Waals surface area contributed by atoms with E-state index in [-0.39, 0.29) is 12.5 Å². The third kappa shape index (κ3) is 3.48. The Bertz CT molecular complexity index is 675. The van der Waals surface area contributed by atoms with E-state index < -0.39 is 5.97 Å². The molecule has 0 spiro atoms. The van der Waals surface area contributed by atoms with Gasteiger partial charge in [-0.1, -0.05) is 48.0 Å². The Morgan fingerprint density at radius 1 is 1.05 bits per heavy atom. The van der Waals surface area contributed by atoms with Gasteiger partial charge in [0.2, 0.25) is 0 Å². The number of hydrogen-bond donors (Lipinski definition) is 2. The van der Waals surface area contributed by atoms with E-state index in [4.69, 9.17) is 5.11 Å². The summed E-state index contributed by atoms with van der Waals surface area (Å²) in [6.07, 6.45) is 0. The minimum absolute atomic E-state index is 0.369. The van der Waals surface area contributed by atoms with Gasteiger partial charge < -0.3 is 10.4 Å². The molecular formula is C17H17NO3. The molecule has 108 valence electrons. The first kappa shape index (κ1) is 14.8. The van der Waals surface area contributed by atoms with Crippen LogP contribution in [0.5, 0.6) is 0 Å². The molecule has 2 aromatic carbocycles. The summed E-state index contributed by atoms with van der Waals surface area (Å²) < 4.78 is 0. The highest BCUT2D eigenvalue weighted by atomic mass is 16.4. The van der Waals surface area contributed by atoms with E-state index in [0.717, 1.165) is 22.3 Å². The molecule has 0 aliphatic heterocycles. The fourth-order valence-corrected chi connectivity index (χ4v) is 2.19. The van der Waals surface area contributed by atoms with E-state index >= 15 is 0 Å². The second-order valence-corrected chi connectivity index (χ2v) is 4.94. The second kappa shape index (κ2) is 6.22. The van der Waals surface area contributed by atoms with Gasteiger partial charge in [-0.3, -0.25) is 9.59 Å². The quantitative estimate of drug-likeness (QED) is 0.906. The maximum atomic E-state index is 12.3. The van der Waals surface area contributed by atoms with E-state index in [1.807, 2.05) is 56.3 Å². The lowest BCUT2D eigenvalue weighted by Gasteiger charge is -2.12. The molecule has 21 heavy (non-hydrogen) atoms. The van der Waals surface area contributed by atoms with E-state index in [9.17, 15) is 9.59 Å². The van der Waals surface area contributed by atoms with Crippen LogP contribution in [-0.4, -0.2) is 23.5 Å². The molecule has 4 heteroatoms. The normalized spacial score (nSPS) is 10.2. The molecule has 4 nitrogen and oxygen atoms in total. The zero-order valence-corrected chi connectivity index (χ0v) is 12.0. The largest absolute Gasteiger partial charge is 0.480 e. The average Bonchev–Trinajstić information content (AvgIpc) is 2.45. The number of aryl methyl sites for hydroxylation is 2. The highest BCUT2D eigenvalue weighted by Gasteiger charge is 2.15. The zero-order chi connectivity index (χ0) is 15.4. The summed E-state index contributed by atoms with van der Waals surface area (Å²) >= 11 is 0. The van der Waals surface area contributed by atoms with Crippen molar-refractivity contribution in [3.63, 3.8) is 0 Å². The summed E-state index contributed by atoms with van der Waals surface area (Å²) in [6, 6.07) is 13.5. The van der Waals surface area contributed by atoms with Crippen LogP contribution in [0, 0.1) is 13.8 Å². The molecule has 2 N–H and O–H groups in total. The molecule has 0 saturated heterocycles. The Morgan fingerprint density at radius 2 is 1.71 bits per heavy atom. The van der Waals surface area contributed by atoms with Crippen molar-refractivity contribution in [3.8, 4) is 11.1 Å². The monoisotopic (exact) mass is 283 g/mol. The Balaban J connectivity index is 2.43. The first-order chi connectivity index (χ1) is 9.99. The highest BCUT2D eigenvalue weighted by Crippen LogP contribution is 2.26. The van der Waals surface area contributed by atoms with Crippen LogP contribution in [0.1, 0.15) is 21.5 Å². The van der Waals surface area contributed by atoms with Crippen LogP contribution in [-0.2, 0) is 4.79 Å². The van der Waals surface area contributed by atoms with Gasteiger partial charge in [-0.25, -0.2) is 0 Å². The predicted octanol–water partition coefficient (Wildman–Crippen LogP) is 2.78.